The molecule has 0 aliphatic carbocycles. The van der Waals surface area contributed by atoms with Gasteiger partial charge in [-0.2, -0.15) is 5.10 Å². The van der Waals surface area contributed by atoms with Crippen LogP contribution in [0.1, 0.15) is 17.0 Å². The van der Waals surface area contributed by atoms with Gasteiger partial charge in [0.15, 0.2) is 0 Å². The Morgan fingerprint density at radius 3 is 2.76 bits per heavy atom. The summed E-state index contributed by atoms with van der Waals surface area (Å²) in [6.45, 7) is 0.509. The van der Waals surface area contributed by atoms with E-state index >= 15 is 0 Å². The van der Waals surface area contributed by atoms with Crippen molar-refractivity contribution in [2.24, 2.45) is 12.8 Å². The second kappa shape index (κ2) is 5.01. The molecular weight excluding hydrogens is 214 g/mol. The molecule has 0 amide bonds. The predicted octanol–water partition coefficient (Wildman–Crippen LogP) is 1.48. The van der Waals surface area contributed by atoms with E-state index in [2.05, 4.69) is 11.2 Å². The largest absolute Gasteiger partial charge is 0.496 e. The highest BCUT2D eigenvalue weighted by molar-refractivity contribution is 5.36. The Hall–Kier alpha value is -1.81. The van der Waals surface area contributed by atoms with Gasteiger partial charge in [-0.25, -0.2) is 0 Å². The van der Waals surface area contributed by atoms with Crippen molar-refractivity contribution in [1.29, 1.82) is 0 Å². The van der Waals surface area contributed by atoms with Crippen molar-refractivity contribution in [2.75, 3.05) is 7.11 Å². The minimum atomic E-state index is 0.509. The second-order valence-electron chi connectivity index (χ2n) is 3.94. The lowest BCUT2D eigenvalue weighted by Gasteiger charge is -2.05. The van der Waals surface area contributed by atoms with Crippen LogP contribution in [0.15, 0.2) is 30.3 Å². The minimum absolute atomic E-state index is 0.509. The summed E-state index contributed by atoms with van der Waals surface area (Å²) in [5, 5.41) is 4.43. The van der Waals surface area contributed by atoms with Crippen LogP contribution < -0.4 is 10.5 Å². The van der Waals surface area contributed by atoms with Crippen molar-refractivity contribution in [2.45, 2.75) is 13.0 Å². The lowest BCUT2D eigenvalue weighted by atomic mass is 10.1. The standard InChI is InChI=1S/C13H17N3O/c1-16-12(9-14)8-11(15-16)7-10-5-3-4-6-13(10)17-2/h3-6,8H,7,9,14H2,1-2H3. The maximum absolute atomic E-state index is 5.63. The normalized spacial score (nSPS) is 10.5. The molecule has 0 spiro atoms. The maximum Gasteiger partial charge on any atom is 0.122 e. The number of rotatable bonds is 4. The van der Waals surface area contributed by atoms with Crippen LogP contribution in [0.3, 0.4) is 0 Å². The summed E-state index contributed by atoms with van der Waals surface area (Å²) in [7, 11) is 3.59. The van der Waals surface area contributed by atoms with Gasteiger partial charge in [0.2, 0.25) is 0 Å². The van der Waals surface area contributed by atoms with Crippen LogP contribution in [0.4, 0.5) is 0 Å². The Kier molecular flexibility index (Phi) is 3.44. The van der Waals surface area contributed by atoms with Gasteiger partial charge in [-0.15, -0.1) is 0 Å². The van der Waals surface area contributed by atoms with E-state index < -0.39 is 0 Å². The van der Waals surface area contributed by atoms with Crippen molar-refractivity contribution >= 4 is 0 Å². The van der Waals surface area contributed by atoms with Gasteiger partial charge in [0.05, 0.1) is 18.5 Å². The molecule has 2 aromatic rings. The van der Waals surface area contributed by atoms with E-state index in [0.717, 1.165) is 29.1 Å². The molecule has 0 radical (unpaired) electrons. The molecule has 0 unspecified atom stereocenters. The van der Waals surface area contributed by atoms with Crippen LogP contribution >= 0.6 is 0 Å². The predicted molar refractivity (Wildman–Crippen MR) is 66.9 cm³/mol. The molecular formula is C13H17N3O. The number of nitrogens with zero attached hydrogens (tertiary/aromatic N) is 2. The summed E-state index contributed by atoms with van der Waals surface area (Å²) < 4.78 is 7.15. The number of methoxy groups -OCH3 is 1. The number of nitrogens with two attached hydrogens (primary N) is 1. The third kappa shape index (κ3) is 2.47. The number of hydrogen-bond acceptors (Lipinski definition) is 3. The number of hydrogen-bond donors (Lipinski definition) is 1. The first-order chi connectivity index (χ1) is 8.24. The highest BCUT2D eigenvalue weighted by atomic mass is 16.5. The lowest BCUT2D eigenvalue weighted by molar-refractivity contribution is 0.410. The molecule has 90 valence electrons. The number of para-hydroxylation sites is 1. The van der Waals surface area contributed by atoms with Crippen molar-refractivity contribution < 1.29 is 4.74 Å². The van der Waals surface area contributed by atoms with E-state index in [1.54, 1.807) is 7.11 Å². The van der Waals surface area contributed by atoms with Gasteiger partial charge in [-0.1, -0.05) is 18.2 Å². The molecule has 1 heterocycles. The Morgan fingerprint density at radius 1 is 1.35 bits per heavy atom. The molecule has 2 rings (SSSR count). The summed E-state index contributed by atoms with van der Waals surface area (Å²) in [4.78, 5) is 0. The number of benzene rings is 1. The van der Waals surface area contributed by atoms with Gasteiger partial charge >= 0.3 is 0 Å². The molecule has 0 aliphatic rings. The third-order valence-corrected chi connectivity index (χ3v) is 2.80. The lowest BCUT2D eigenvalue weighted by Crippen LogP contribution is -2.03. The fraction of sp³-hybridized carbons (Fsp3) is 0.308. The molecule has 0 atom stereocenters. The van der Waals surface area contributed by atoms with E-state index in [9.17, 15) is 0 Å². The van der Waals surface area contributed by atoms with E-state index in [1.165, 1.54) is 0 Å². The molecule has 1 aromatic carbocycles. The minimum Gasteiger partial charge on any atom is -0.496 e. The van der Waals surface area contributed by atoms with Gasteiger partial charge < -0.3 is 10.5 Å². The zero-order chi connectivity index (χ0) is 12.3. The fourth-order valence-electron chi connectivity index (χ4n) is 1.89. The van der Waals surface area contributed by atoms with Crippen molar-refractivity contribution in [3.05, 3.63) is 47.3 Å². The van der Waals surface area contributed by atoms with Crippen LogP contribution in [-0.2, 0) is 20.0 Å². The number of aryl methyl sites for hydroxylation is 1. The van der Waals surface area contributed by atoms with Gasteiger partial charge in [0.1, 0.15) is 5.75 Å². The average Bonchev–Trinajstić information content (AvgIpc) is 2.70. The van der Waals surface area contributed by atoms with E-state index in [4.69, 9.17) is 10.5 Å². The van der Waals surface area contributed by atoms with Gasteiger partial charge in [-0.05, 0) is 12.1 Å². The van der Waals surface area contributed by atoms with E-state index in [-0.39, 0.29) is 0 Å². The van der Waals surface area contributed by atoms with Crippen LogP contribution in [0.25, 0.3) is 0 Å². The van der Waals surface area contributed by atoms with E-state index in [0.29, 0.717) is 6.54 Å². The average molecular weight is 231 g/mol. The number of ether oxygens (including phenoxy) is 1. The molecule has 4 heteroatoms. The first-order valence-corrected chi connectivity index (χ1v) is 5.58. The van der Waals surface area contributed by atoms with Gasteiger partial charge in [-0.3, -0.25) is 4.68 Å². The molecule has 2 N–H and O–H groups in total. The topological polar surface area (TPSA) is 53.1 Å². The monoisotopic (exact) mass is 231 g/mol. The van der Waals surface area contributed by atoms with Crippen LogP contribution in [0.5, 0.6) is 5.75 Å². The van der Waals surface area contributed by atoms with Crippen molar-refractivity contribution in [1.82, 2.24) is 9.78 Å². The molecule has 0 saturated carbocycles. The molecule has 0 saturated heterocycles. The number of aromatic nitrogens is 2. The molecule has 0 aliphatic heterocycles. The molecule has 17 heavy (non-hydrogen) atoms. The highest BCUT2D eigenvalue weighted by Gasteiger charge is 2.07. The summed E-state index contributed by atoms with van der Waals surface area (Å²) in [6, 6.07) is 10.0. The third-order valence-electron chi connectivity index (χ3n) is 2.80. The van der Waals surface area contributed by atoms with Crippen molar-refractivity contribution in [3.63, 3.8) is 0 Å². The van der Waals surface area contributed by atoms with Crippen LogP contribution in [0.2, 0.25) is 0 Å². The first kappa shape index (κ1) is 11.7. The maximum atomic E-state index is 5.63. The Balaban J connectivity index is 2.25. The zero-order valence-electron chi connectivity index (χ0n) is 10.2. The Labute approximate surface area is 101 Å². The smallest absolute Gasteiger partial charge is 0.122 e. The summed E-state index contributed by atoms with van der Waals surface area (Å²) >= 11 is 0. The summed E-state index contributed by atoms with van der Waals surface area (Å²) in [6.07, 6.45) is 0.762. The van der Waals surface area contributed by atoms with Gasteiger partial charge in [0, 0.05) is 25.6 Å². The van der Waals surface area contributed by atoms with Gasteiger partial charge in [0.25, 0.3) is 0 Å². The summed E-state index contributed by atoms with van der Waals surface area (Å²) in [5.74, 6) is 0.896. The van der Waals surface area contributed by atoms with Crippen LogP contribution in [0, 0.1) is 0 Å². The fourth-order valence-corrected chi connectivity index (χ4v) is 1.89. The Morgan fingerprint density at radius 2 is 2.12 bits per heavy atom. The Bertz CT molecular complexity index is 505. The molecule has 4 nitrogen and oxygen atoms in total. The highest BCUT2D eigenvalue weighted by Crippen LogP contribution is 2.20. The second-order valence-corrected chi connectivity index (χ2v) is 3.94. The molecule has 1 aromatic heterocycles. The SMILES string of the molecule is COc1ccccc1Cc1cc(CN)n(C)n1. The molecule has 0 bridgehead atoms. The summed E-state index contributed by atoms with van der Waals surface area (Å²) in [5.41, 5.74) is 8.81. The zero-order valence-corrected chi connectivity index (χ0v) is 10.2. The van der Waals surface area contributed by atoms with E-state index in [1.807, 2.05) is 36.0 Å². The quantitative estimate of drug-likeness (QED) is 0.867. The first-order valence-electron chi connectivity index (χ1n) is 5.58. The molecule has 0 fully saturated rings. The van der Waals surface area contributed by atoms with Crippen molar-refractivity contribution in [3.8, 4) is 5.75 Å². The van der Waals surface area contributed by atoms with Crippen LogP contribution in [-0.4, -0.2) is 16.9 Å².